The van der Waals surface area contributed by atoms with Crippen molar-refractivity contribution in [3.8, 4) is 103 Å². The maximum atomic E-state index is 10.1. The highest BCUT2D eigenvalue weighted by Gasteiger charge is 2.40. The van der Waals surface area contributed by atoms with Crippen LogP contribution in [0.1, 0.15) is 170 Å². The summed E-state index contributed by atoms with van der Waals surface area (Å²) in [6.07, 6.45) is 0. The fraction of sp³-hybridized carbons (Fsp3) is 0.217. The van der Waals surface area contributed by atoms with Crippen LogP contribution in [0.5, 0.6) is 103 Å². The first kappa shape index (κ1) is 91.0. The van der Waals surface area contributed by atoms with Crippen molar-refractivity contribution in [2.75, 3.05) is 68.6 Å². The lowest BCUT2D eigenvalue weighted by Gasteiger charge is -2.35. The van der Waals surface area contributed by atoms with Gasteiger partial charge in [0.15, 0.2) is 0 Å². The van der Waals surface area contributed by atoms with E-state index < -0.39 is 0 Å². The summed E-state index contributed by atoms with van der Waals surface area (Å²) in [6.45, 7) is 13.1. The zero-order chi connectivity index (χ0) is 93.1. The molecule has 0 fully saturated rings. The van der Waals surface area contributed by atoms with Crippen LogP contribution in [0, 0.1) is 34.6 Å². The van der Waals surface area contributed by atoms with Gasteiger partial charge in [-0.15, -0.1) is 0 Å². The van der Waals surface area contributed by atoms with Crippen molar-refractivity contribution in [1.82, 2.24) is 0 Å². The van der Waals surface area contributed by atoms with E-state index in [1.54, 1.807) is 127 Å². The van der Waals surface area contributed by atoms with Crippen molar-refractivity contribution in [2.24, 2.45) is 0 Å². The Morgan fingerprint density at radius 1 is 0.203 bits per heavy atom. The molecule has 5 aliphatic rings. The fourth-order valence-corrected chi connectivity index (χ4v) is 19.1. The summed E-state index contributed by atoms with van der Waals surface area (Å²) in [5, 5.41) is 77.8. The number of phenols is 8. The number of hydrogen-bond acceptors (Lipinski definition) is 18. The Morgan fingerprint density at radius 2 is 0.398 bits per heavy atom. The van der Waals surface area contributed by atoms with Crippen molar-refractivity contribution in [3.05, 3.63) is 427 Å². The molecule has 678 valence electrons. The van der Waals surface area contributed by atoms with Gasteiger partial charge in [0.2, 0.25) is 0 Å². The smallest absolute Gasteiger partial charge is 0.129 e. The zero-order valence-corrected chi connectivity index (χ0v) is 76.0. The first-order valence-electron chi connectivity index (χ1n) is 44.5. The first-order valence-corrected chi connectivity index (χ1v) is 44.5. The maximum absolute atomic E-state index is 10.1. The summed E-state index contributed by atoms with van der Waals surface area (Å²) < 4.78 is 57.1. The molecule has 0 saturated heterocycles. The van der Waals surface area contributed by atoms with Gasteiger partial charge in [0.1, 0.15) is 103 Å². The number of fused-ring (bicyclic) bond motifs is 5. The van der Waals surface area contributed by atoms with Gasteiger partial charge in [0, 0.05) is 105 Å². The Morgan fingerprint density at radius 3 is 0.654 bits per heavy atom. The second-order valence-corrected chi connectivity index (χ2v) is 34.2. The maximum Gasteiger partial charge on any atom is 0.129 e. The van der Waals surface area contributed by atoms with Gasteiger partial charge in [-0.2, -0.15) is 0 Å². The highest BCUT2D eigenvalue weighted by Crippen LogP contribution is 2.55. The molecule has 20 rings (SSSR count). The summed E-state index contributed by atoms with van der Waals surface area (Å²) in [7, 11) is 8.39. The lowest BCUT2D eigenvalue weighted by atomic mass is 9.75. The lowest BCUT2D eigenvalue weighted by Crippen LogP contribution is -2.26. The van der Waals surface area contributed by atoms with E-state index >= 15 is 0 Å². The molecule has 18 nitrogen and oxygen atoms in total. The molecule has 0 aliphatic carbocycles. The molecule has 18 heteroatoms. The van der Waals surface area contributed by atoms with Crippen LogP contribution in [0.3, 0.4) is 0 Å². The van der Waals surface area contributed by atoms with E-state index in [1.807, 2.05) is 146 Å². The van der Waals surface area contributed by atoms with Crippen LogP contribution in [-0.4, -0.2) is 109 Å². The van der Waals surface area contributed by atoms with E-state index in [-0.39, 0.29) is 105 Å². The van der Waals surface area contributed by atoms with Crippen LogP contribution < -0.4 is 47.4 Å². The molecule has 0 amide bonds. The average molecular weight is 1780 g/mol. The third-order valence-corrected chi connectivity index (χ3v) is 26.5. The predicted molar refractivity (Wildman–Crippen MR) is 517 cm³/mol. The minimum Gasteiger partial charge on any atom is -0.508 e. The number of phenolic OH excluding ortho intramolecular Hbond substituents is 8. The molecule has 0 bridgehead atoms. The van der Waals surface area contributed by atoms with E-state index in [9.17, 15) is 40.9 Å². The number of aryl methyl sites for hydroxylation is 2. The molecule has 0 saturated carbocycles. The van der Waals surface area contributed by atoms with E-state index in [2.05, 4.69) is 113 Å². The highest BCUT2D eigenvalue weighted by molar-refractivity contribution is 5.61. The average Bonchev–Trinajstić information content (AvgIpc) is 0.751. The third-order valence-electron chi connectivity index (χ3n) is 26.5. The fourth-order valence-electron chi connectivity index (χ4n) is 19.1. The van der Waals surface area contributed by atoms with Crippen LogP contribution in [0.15, 0.2) is 315 Å². The number of rotatable bonds is 15. The lowest BCUT2D eigenvalue weighted by molar-refractivity contribution is 0.245. The van der Waals surface area contributed by atoms with Crippen LogP contribution >= 0.6 is 0 Å². The Labute approximate surface area is 776 Å². The first-order chi connectivity index (χ1) is 64.5. The van der Waals surface area contributed by atoms with Crippen LogP contribution in [0.4, 0.5) is 0 Å². The number of methoxy groups -OCH3 is 5. The molecule has 133 heavy (non-hydrogen) atoms. The Kier molecular flexibility index (Phi) is 27.9. The van der Waals surface area contributed by atoms with Gasteiger partial charge >= 0.3 is 0 Å². The molecule has 15 aromatic carbocycles. The van der Waals surface area contributed by atoms with Gasteiger partial charge < -0.3 is 88.2 Å². The van der Waals surface area contributed by atoms with Gasteiger partial charge in [-0.3, -0.25) is 0 Å². The normalized spacial score (nSPS) is 18.5. The van der Waals surface area contributed by atoms with Crippen LogP contribution in [-0.2, 0) is 0 Å². The Bertz CT molecular complexity index is 6310. The van der Waals surface area contributed by atoms with Crippen molar-refractivity contribution in [1.29, 1.82) is 0 Å². The zero-order valence-electron chi connectivity index (χ0n) is 76.0. The highest BCUT2D eigenvalue weighted by atomic mass is 16.5. The summed E-state index contributed by atoms with van der Waals surface area (Å²) >= 11 is 0. The third kappa shape index (κ3) is 20.1. The number of hydrogen-bond donors (Lipinski definition) is 8. The molecule has 0 radical (unpaired) electrons. The minimum atomic E-state index is 0.0227. The number of aromatic hydroxyl groups is 8. The second kappa shape index (κ2) is 40.8. The number of ether oxygens (including phenoxy) is 10. The molecular weight excluding hydrogens is 1670 g/mol. The summed E-state index contributed by atoms with van der Waals surface area (Å²) in [6, 6.07) is 101. The van der Waals surface area contributed by atoms with Gasteiger partial charge in [-0.1, -0.05) is 164 Å². The van der Waals surface area contributed by atoms with Gasteiger partial charge in [-0.05, 0) is 252 Å². The summed E-state index contributed by atoms with van der Waals surface area (Å²) in [4.78, 5) is 0. The van der Waals surface area contributed by atoms with Crippen molar-refractivity contribution < 1.29 is 88.2 Å². The molecule has 10 atom stereocenters. The van der Waals surface area contributed by atoms with Crippen molar-refractivity contribution >= 4 is 0 Å². The SMILES string of the molecule is COc1ccc(C2COc3c(ccc(C)c3C)C2c2ccc(OC)cc2)cc1.COc1ccc(C2c3ccc(C)c(C)c3OCC2c2ccc(O)cc2)cc1.COc1ccc(C2c3ccc(O)c(C)c3OCC2c2ccc(O)cc2)cc1.COc1ccc(C2c3ccc(O)cc3OCC2c2ccc(O)cc2)cc1.Oc1ccc(C2COc3cc(O)ccc3C2c2ccc(O)cc2)cc1. The Hall–Kier alpha value is -15.3. The minimum absolute atomic E-state index is 0.0227. The molecule has 10 unspecified atom stereocenters. The molecule has 0 spiro atoms. The van der Waals surface area contributed by atoms with Crippen LogP contribution in [0.25, 0.3) is 0 Å². The van der Waals surface area contributed by atoms with E-state index in [1.165, 1.54) is 50.1 Å². The largest absolute Gasteiger partial charge is 0.508 e. The Balaban J connectivity index is 0.000000121. The topological polar surface area (TPSA) is 254 Å². The summed E-state index contributed by atoms with van der Waals surface area (Å²) in [5.41, 5.74) is 22.8. The van der Waals surface area contributed by atoms with E-state index in [0.29, 0.717) is 44.5 Å². The standard InChI is InChI=1S/C25H26O3.C24H24O3.C23H22O4.C22H20O4.C21H18O4/c1-16-5-14-22-24(19-8-12-21(27-4)13-9-19)23(15-28-25(22)17(16)2)18-6-10-20(26-3)11-7-18;1-15-4-13-21-23(18-7-11-20(26-3)12-8-18)22(14-27-24(21)16(15)2)17-5-9-19(25)10-6-17;1-14-21(25)12-11-19-22(16-5-9-18(26-2)10-6-16)20(13-27-23(14)19)15-3-7-17(24)8-4-15;1-25-18-9-4-15(5-10-18)22-19-11-8-17(24)12-21(19)26-13-20(22)14-2-6-16(23)7-3-14;22-15-5-1-13(2-6-15)19-12-25-20-11-17(24)9-10-18(20)21(19)14-3-7-16(23)8-4-14/h5-14,23-24H,15H2,1-4H3;4-13,22-23,25H,14H2,1-3H3;3-12,20,22,24-25H,13H2,1-2H3;2-12,20,22-24H,13H2,1H3;1-11,19,21-24H,12H2. The molecular formula is C115H110O18. The van der Waals surface area contributed by atoms with E-state index in [4.69, 9.17) is 47.4 Å². The van der Waals surface area contributed by atoms with Gasteiger partial charge in [0.25, 0.3) is 0 Å². The van der Waals surface area contributed by atoms with Crippen molar-refractivity contribution in [3.63, 3.8) is 0 Å². The number of benzene rings is 15. The molecule has 5 heterocycles. The summed E-state index contributed by atoms with van der Waals surface area (Å²) in [5.74, 6) is 11.5. The molecule has 0 aromatic heterocycles. The van der Waals surface area contributed by atoms with Crippen LogP contribution in [0.2, 0.25) is 0 Å². The molecule has 8 N–H and O–H groups in total. The van der Waals surface area contributed by atoms with Gasteiger partial charge in [-0.25, -0.2) is 0 Å². The molecule has 5 aliphatic heterocycles. The molecule has 15 aromatic rings. The second-order valence-electron chi connectivity index (χ2n) is 34.2. The van der Waals surface area contributed by atoms with E-state index in [0.717, 1.165) is 107 Å². The monoisotopic (exact) mass is 1780 g/mol. The quantitative estimate of drug-likeness (QED) is 0.0475. The van der Waals surface area contributed by atoms with Gasteiger partial charge in [0.05, 0.1) is 68.6 Å². The predicted octanol–water partition coefficient (Wildman–Crippen LogP) is 24.2. The van der Waals surface area contributed by atoms with Crippen molar-refractivity contribution in [2.45, 2.75) is 93.8 Å².